The SMILES string of the molecule is O=c1oc2ccccc2n1CC1(CS)CCC1. The molecule has 0 bridgehead atoms. The Labute approximate surface area is 105 Å². The fourth-order valence-corrected chi connectivity index (χ4v) is 2.96. The third kappa shape index (κ3) is 1.71. The van der Waals surface area contributed by atoms with Crippen LogP contribution in [0.2, 0.25) is 0 Å². The van der Waals surface area contributed by atoms with Crippen LogP contribution in [0.25, 0.3) is 11.1 Å². The lowest BCUT2D eigenvalue weighted by Crippen LogP contribution is -2.38. The molecule has 17 heavy (non-hydrogen) atoms. The fourth-order valence-electron chi connectivity index (χ4n) is 2.54. The number of para-hydroxylation sites is 2. The Hall–Kier alpha value is -1.16. The van der Waals surface area contributed by atoms with E-state index in [0.717, 1.165) is 30.7 Å². The number of thiol groups is 1. The molecule has 4 heteroatoms. The smallest absolute Gasteiger partial charge is 0.408 e. The van der Waals surface area contributed by atoms with Gasteiger partial charge in [-0.15, -0.1) is 0 Å². The van der Waals surface area contributed by atoms with E-state index in [4.69, 9.17) is 4.42 Å². The molecule has 1 aromatic heterocycles. The Morgan fingerprint density at radius 2 is 2.12 bits per heavy atom. The van der Waals surface area contributed by atoms with Gasteiger partial charge in [-0.05, 0) is 36.1 Å². The van der Waals surface area contributed by atoms with E-state index in [1.54, 1.807) is 4.57 Å². The van der Waals surface area contributed by atoms with Gasteiger partial charge in [0.2, 0.25) is 0 Å². The lowest BCUT2D eigenvalue weighted by molar-refractivity contribution is 0.137. The molecule has 1 heterocycles. The van der Waals surface area contributed by atoms with Gasteiger partial charge < -0.3 is 4.42 Å². The minimum Gasteiger partial charge on any atom is -0.408 e. The minimum atomic E-state index is -0.251. The molecule has 0 radical (unpaired) electrons. The van der Waals surface area contributed by atoms with Crippen molar-refractivity contribution in [3.8, 4) is 0 Å². The van der Waals surface area contributed by atoms with E-state index < -0.39 is 0 Å². The average Bonchev–Trinajstić information content (AvgIpc) is 2.60. The van der Waals surface area contributed by atoms with E-state index in [-0.39, 0.29) is 11.2 Å². The van der Waals surface area contributed by atoms with Crippen molar-refractivity contribution < 1.29 is 4.42 Å². The van der Waals surface area contributed by atoms with Crippen molar-refractivity contribution in [2.45, 2.75) is 25.8 Å². The zero-order valence-electron chi connectivity index (χ0n) is 9.56. The molecule has 0 saturated heterocycles. The van der Waals surface area contributed by atoms with Gasteiger partial charge in [0.15, 0.2) is 5.58 Å². The van der Waals surface area contributed by atoms with Gasteiger partial charge in [0, 0.05) is 6.54 Å². The predicted octanol–water partition coefficient (Wildman–Crippen LogP) is 2.69. The number of fused-ring (bicyclic) bond motifs is 1. The number of nitrogens with zero attached hydrogens (tertiary/aromatic N) is 1. The number of hydrogen-bond acceptors (Lipinski definition) is 3. The van der Waals surface area contributed by atoms with Crippen molar-refractivity contribution >= 4 is 23.7 Å². The highest BCUT2D eigenvalue weighted by Crippen LogP contribution is 2.43. The second-order valence-corrected chi connectivity index (χ2v) is 5.25. The second-order valence-electron chi connectivity index (χ2n) is 4.93. The monoisotopic (exact) mass is 249 g/mol. The van der Waals surface area contributed by atoms with Crippen molar-refractivity contribution in [3.05, 3.63) is 34.8 Å². The first-order chi connectivity index (χ1) is 8.24. The lowest BCUT2D eigenvalue weighted by Gasteiger charge is -2.40. The van der Waals surface area contributed by atoms with Crippen molar-refractivity contribution in [2.24, 2.45) is 5.41 Å². The standard InChI is InChI=1S/C13H15NO2S/c15-12-14(8-13(9-17)6-3-7-13)10-4-1-2-5-11(10)16-12/h1-2,4-5,17H,3,6-9H2. The molecule has 0 atom stereocenters. The lowest BCUT2D eigenvalue weighted by atomic mass is 9.70. The van der Waals surface area contributed by atoms with Crippen LogP contribution in [0, 0.1) is 5.41 Å². The van der Waals surface area contributed by atoms with E-state index in [1.807, 2.05) is 24.3 Å². The molecule has 0 amide bonds. The summed E-state index contributed by atoms with van der Waals surface area (Å²) < 4.78 is 7.00. The summed E-state index contributed by atoms with van der Waals surface area (Å²) in [6.45, 7) is 0.729. The Kier molecular flexibility index (Phi) is 2.54. The van der Waals surface area contributed by atoms with E-state index in [1.165, 1.54) is 6.42 Å². The Balaban J connectivity index is 2.05. The van der Waals surface area contributed by atoms with Crippen LogP contribution in [0.15, 0.2) is 33.5 Å². The van der Waals surface area contributed by atoms with Gasteiger partial charge in [-0.3, -0.25) is 4.57 Å². The van der Waals surface area contributed by atoms with E-state index in [0.29, 0.717) is 5.58 Å². The maximum Gasteiger partial charge on any atom is 0.419 e. The first-order valence-electron chi connectivity index (χ1n) is 5.93. The maximum atomic E-state index is 11.8. The van der Waals surface area contributed by atoms with Crippen LogP contribution in [0.3, 0.4) is 0 Å². The van der Waals surface area contributed by atoms with Crippen LogP contribution in [-0.2, 0) is 6.54 Å². The molecule has 1 saturated carbocycles. The third-order valence-electron chi connectivity index (χ3n) is 3.82. The van der Waals surface area contributed by atoms with Crippen molar-refractivity contribution in [1.29, 1.82) is 0 Å². The Bertz CT molecular complexity index is 589. The first kappa shape index (κ1) is 11.0. The third-order valence-corrected chi connectivity index (χ3v) is 4.49. The zero-order valence-corrected chi connectivity index (χ0v) is 10.5. The molecule has 0 N–H and O–H groups in total. The Morgan fingerprint density at radius 3 is 2.76 bits per heavy atom. The summed E-state index contributed by atoms with van der Waals surface area (Å²) in [5.41, 5.74) is 1.76. The van der Waals surface area contributed by atoms with Gasteiger partial charge in [0.1, 0.15) is 0 Å². The van der Waals surface area contributed by atoms with Crippen molar-refractivity contribution in [2.75, 3.05) is 5.75 Å². The van der Waals surface area contributed by atoms with Crippen LogP contribution in [0.5, 0.6) is 0 Å². The first-order valence-corrected chi connectivity index (χ1v) is 6.57. The predicted molar refractivity (Wildman–Crippen MR) is 70.6 cm³/mol. The van der Waals surface area contributed by atoms with Gasteiger partial charge >= 0.3 is 5.76 Å². The highest BCUT2D eigenvalue weighted by molar-refractivity contribution is 7.80. The minimum absolute atomic E-state index is 0.194. The molecule has 0 unspecified atom stereocenters. The summed E-state index contributed by atoms with van der Waals surface area (Å²) in [7, 11) is 0. The number of rotatable bonds is 3. The molecule has 3 rings (SSSR count). The van der Waals surface area contributed by atoms with Crippen LogP contribution in [0.4, 0.5) is 0 Å². The highest BCUT2D eigenvalue weighted by atomic mass is 32.1. The molecule has 2 aromatic rings. The zero-order chi connectivity index (χ0) is 11.9. The van der Waals surface area contributed by atoms with Crippen LogP contribution in [0.1, 0.15) is 19.3 Å². The van der Waals surface area contributed by atoms with Gasteiger partial charge in [0.25, 0.3) is 0 Å². The van der Waals surface area contributed by atoms with Gasteiger partial charge in [0.05, 0.1) is 5.52 Å². The van der Waals surface area contributed by atoms with Gasteiger partial charge in [-0.25, -0.2) is 4.79 Å². The van der Waals surface area contributed by atoms with Crippen molar-refractivity contribution in [1.82, 2.24) is 4.57 Å². The summed E-state index contributed by atoms with van der Waals surface area (Å²) in [6, 6.07) is 7.59. The molecule has 1 aromatic carbocycles. The summed E-state index contributed by atoms with van der Waals surface area (Å²) in [6.07, 6.45) is 3.55. The number of aromatic nitrogens is 1. The summed E-state index contributed by atoms with van der Waals surface area (Å²) in [5.74, 6) is 0.582. The fraction of sp³-hybridized carbons (Fsp3) is 0.462. The second kappa shape index (κ2) is 3.95. The number of oxazole rings is 1. The van der Waals surface area contributed by atoms with E-state index in [9.17, 15) is 4.79 Å². The van der Waals surface area contributed by atoms with E-state index >= 15 is 0 Å². The molecule has 1 aliphatic rings. The molecule has 1 fully saturated rings. The van der Waals surface area contributed by atoms with Crippen LogP contribution >= 0.6 is 12.6 Å². The summed E-state index contributed by atoms with van der Waals surface area (Å²) in [5, 5.41) is 0. The van der Waals surface area contributed by atoms with Crippen LogP contribution < -0.4 is 5.76 Å². The number of hydrogen-bond donors (Lipinski definition) is 1. The van der Waals surface area contributed by atoms with Gasteiger partial charge in [-0.2, -0.15) is 12.6 Å². The van der Waals surface area contributed by atoms with E-state index in [2.05, 4.69) is 12.6 Å². The maximum absolute atomic E-state index is 11.8. The van der Waals surface area contributed by atoms with Crippen LogP contribution in [-0.4, -0.2) is 10.3 Å². The highest BCUT2D eigenvalue weighted by Gasteiger charge is 2.36. The molecule has 3 nitrogen and oxygen atoms in total. The average molecular weight is 249 g/mol. The largest absolute Gasteiger partial charge is 0.419 e. The molecule has 1 aliphatic carbocycles. The molecule has 0 aliphatic heterocycles. The van der Waals surface area contributed by atoms with Gasteiger partial charge in [-0.1, -0.05) is 18.6 Å². The quantitative estimate of drug-likeness (QED) is 0.849. The molecule has 0 spiro atoms. The molecular formula is C13H15NO2S. The summed E-state index contributed by atoms with van der Waals surface area (Å²) in [4.78, 5) is 11.8. The molecule has 90 valence electrons. The Morgan fingerprint density at radius 1 is 1.35 bits per heavy atom. The number of benzene rings is 1. The normalized spacial score (nSPS) is 18.2. The summed E-state index contributed by atoms with van der Waals surface area (Å²) >= 11 is 4.43. The van der Waals surface area contributed by atoms with Crippen molar-refractivity contribution in [3.63, 3.8) is 0 Å². The molecular weight excluding hydrogens is 234 g/mol. The topological polar surface area (TPSA) is 35.1 Å².